The number of piperazine rings is 1. The van der Waals surface area contributed by atoms with Gasteiger partial charge in [-0.3, -0.25) is 24.7 Å². The van der Waals surface area contributed by atoms with Crippen molar-refractivity contribution in [3.8, 4) is 17.4 Å². The van der Waals surface area contributed by atoms with Crippen LogP contribution in [0.3, 0.4) is 0 Å². The molecule has 2 aliphatic carbocycles. The van der Waals surface area contributed by atoms with Crippen molar-refractivity contribution in [1.82, 2.24) is 29.5 Å². The van der Waals surface area contributed by atoms with Crippen LogP contribution in [0, 0.1) is 21.4 Å². The number of nitrogens with one attached hydrogen (secondary N) is 3. The van der Waals surface area contributed by atoms with Crippen LogP contribution in [0.25, 0.3) is 11.0 Å². The van der Waals surface area contributed by atoms with Gasteiger partial charge in [0.2, 0.25) is 5.88 Å². The number of amides is 1. The Hall–Kier alpha value is -7.28. The lowest BCUT2D eigenvalue weighted by Crippen LogP contribution is -2.60. The molecule has 14 rings (SSSR count). The lowest BCUT2D eigenvalue weighted by Gasteiger charge is -2.59. The number of ether oxygens (including phenoxy) is 6. The fraction of sp³-hybridized carbons (Fsp3) is 0.530. The summed E-state index contributed by atoms with van der Waals surface area (Å²) in [6, 6.07) is 22.3. The number of anilines is 5. The lowest BCUT2D eigenvalue weighted by molar-refractivity contribution is -0.384. The number of benzene rings is 3. The molecule has 0 unspecified atom stereocenters. The molecule has 5 saturated heterocycles. The molecule has 1 spiro atoms. The summed E-state index contributed by atoms with van der Waals surface area (Å²) in [6.45, 7) is 14.0. The fourth-order valence-corrected chi connectivity index (χ4v) is 16.5. The van der Waals surface area contributed by atoms with Crippen LogP contribution in [0.2, 0.25) is 0 Å². The highest BCUT2D eigenvalue weighted by atomic mass is 32.2. The molecule has 3 aromatic carbocycles. The number of sulfonamides is 1. The summed E-state index contributed by atoms with van der Waals surface area (Å²) in [5, 5.41) is 16.4. The molecule has 0 bridgehead atoms. The number of carbonyl (C=O) groups is 1. The number of aromatic amines is 1. The van der Waals surface area contributed by atoms with Gasteiger partial charge < -0.3 is 53.4 Å². The van der Waals surface area contributed by atoms with Crippen LogP contribution in [0.15, 0.2) is 90.1 Å². The second kappa shape index (κ2) is 24.8. The first-order chi connectivity index (χ1) is 43.3. The van der Waals surface area contributed by atoms with E-state index in [2.05, 4.69) is 83.8 Å². The van der Waals surface area contributed by atoms with E-state index in [1.54, 1.807) is 13.2 Å². The molecule has 3 N–H and O–H groups in total. The first-order valence-corrected chi connectivity index (χ1v) is 33.5. The number of carbonyl (C=O) groups excluding carboxylic acids is 1. The third-order valence-corrected chi connectivity index (χ3v) is 21.5. The molecule has 6 aromatic rings. The second-order valence-electron chi connectivity index (χ2n) is 25.8. The number of nitrogens with zero attached hydrogens (tertiary/aromatic N) is 8. The fourth-order valence-electron chi connectivity index (χ4n) is 15.5. The van der Waals surface area contributed by atoms with Gasteiger partial charge in [0, 0.05) is 125 Å². The Bertz CT molecular complexity index is 3710. The molecule has 0 radical (unpaired) electrons. The van der Waals surface area contributed by atoms with E-state index >= 15 is 0 Å². The highest BCUT2D eigenvalue weighted by molar-refractivity contribution is 7.90. The van der Waals surface area contributed by atoms with Gasteiger partial charge in [-0.05, 0) is 143 Å². The number of fused-ring (bicyclic) bond motifs is 4. The van der Waals surface area contributed by atoms with Crippen molar-refractivity contribution in [2.45, 2.75) is 119 Å². The second-order valence-corrected chi connectivity index (χ2v) is 27.4. The Morgan fingerprint density at radius 1 is 0.865 bits per heavy atom. The maximum Gasteiger partial charge on any atom is 0.293 e. The molecule has 3 aromatic heterocycles. The third kappa shape index (κ3) is 11.7. The highest BCUT2D eigenvalue weighted by Crippen LogP contribution is 2.55. The van der Waals surface area contributed by atoms with Crippen LogP contribution < -0.4 is 38.9 Å². The number of hydrogen-bond donors (Lipinski definition) is 3. The monoisotopic (exact) mass is 1240 g/mol. The van der Waals surface area contributed by atoms with Crippen LogP contribution in [-0.4, -0.2) is 167 Å². The van der Waals surface area contributed by atoms with Gasteiger partial charge in [-0.2, -0.15) is 4.98 Å². The normalized spacial score (nSPS) is 23.5. The summed E-state index contributed by atoms with van der Waals surface area (Å²) < 4.78 is 67.5. The molecule has 4 atom stereocenters. The third-order valence-electron chi connectivity index (χ3n) is 20.2. The van der Waals surface area contributed by atoms with E-state index in [9.17, 15) is 23.3 Å². The Kier molecular flexibility index (Phi) is 16.6. The summed E-state index contributed by atoms with van der Waals surface area (Å²) in [5.41, 5.74) is 6.56. The van der Waals surface area contributed by atoms with E-state index in [1.807, 2.05) is 30.5 Å². The van der Waals surface area contributed by atoms with Crippen LogP contribution in [0.1, 0.15) is 111 Å². The van der Waals surface area contributed by atoms with Crippen molar-refractivity contribution >= 4 is 61.2 Å². The summed E-state index contributed by atoms with van der Waals surface area (Å²) in [4.78, 5) is 51.8. The average molecular weight is 1240 g/mol. The van der Waals surface area contributed by atoms with E-state index in [4.69, 9.17) is 38.4 Å². The number of hydrogen-bond acceptors (Lipinski definition) is 19. The van der Waals surface area contributed by atoms with Gasteiger partial charge in [-0.1, -0.05) is 18.2 Å². The van der Waals surface area contributed by atoms with Gasteiger partial charge in [-0.25, -0.2) is 18.1 Å². The molecule has 9 heterocycles. The largest absolute Gasteiger partial charge is 0.493 e. The minimum absolute atomic E-state index is 0.0276. The SMILES string of the molecule is COc1c(N2CCOCC2)ncc2c1CCC[C@H]2N1CCN(C2CC3(CCN(c4ccc(C(=O)NS(=O)(=O)c5ccc(NCC6CCOCC6)c([N+](=O)[O-])c5)c(N5c6cc7cc[nH]c7nc6O[C@H]6COCC[C@@H]65)c4)CC3)C2)[C@@H](c2ccccc2OC(C)C)C1. The molecule has 6 aliphatic heterocycles. The Balaban J connectivity index is 0.722. The Labute approximate surface area is 519 Å². The maximum absolute atomic E-state index is 14.9. The summed E-state index contributed by atoms with van der Waals surface area (Å²) >= 11 is 0. The molecule has 23 heteroatoms. The Morgan fingerprint density at radius 2 is 1.66 bits per heavy atom. The molecule has 8 aliphatic rings. The van der Waals surface area contributed by atoms with Crippen LogP contribution in [0.4, 0.5) is 34.3 Å². The quantitative estimate of drug-likeness (QED) is 0.0605. The predicted octanol–water partition coefficient (Wildman–Crippen LogP) is 9.33. The zero-order valence-corrected chi connectivity index (χ0v) is 51.9. The molecule has 89 heavy (non-hydrogen) atoms. The first kappa shape index (κ1) is 59.3. The van der Waals surface area contributed by atoms with Crippen LogP contribution in [0.5, 0.6) is 17.4 Å². The van der Waals surface area contributed by atoms with Crippen molar-refractivity contribution in [2.24, 2.45) is 11.3 Å². The topological polar surface area (TPSA) is 232 Å². The standard InChI is InChI=1S/C66H81N11O11S/c1-42(2)87-59-10-5-4-7-49(59)58-40-74(53-9-6-8-48-51(53)39-69-63(61(48)83-3)73-26-31-85-32-27-73)24-25-75(58)46-36-66(37-46)19-22-72(23-20-66)45-11-13-50(55(34-45)76-54-18-30-86-41-60(54)88-65-57(76)33-44-15-21-67-62(44)70-65)64(78)71-89(81,82)47-12-14-52(56(35-47)77(79)80)68-38-43-16-28-84-29-17-43/h4-5,7,10-15,21,33-35,39,42-43,46,53-54,58,60,68H,6,8-9,16-20,22-32,36-38,40-41H2,1-3H3,(H,67,70)(H,71,78)/t53-,54+,58-,60+/m1/s1. The number of nitro benzene ring substituents is 1. The molecule has 1 amide bonds. The molecule has 22 nitrogen and oxygen atoms in total. The van der Waals surface area contributed by atoms with E-state index < -0.39 is 37.5 Å². The number of para-hydroxylation sites is 1. The molecule has 1 saturated carbocycles. The number of methoxy groups -OCH3 is 1. The van der Waals surface area contributed by atoms with Crippen LogP contribution in [-0.2, 0) is 30.7 Å². The van der Waals surface area contributed by atoms with Crippen molar-refractivity contribution in [1.29, 1.82) is 0 Å². The van der Waals surface area contributed by atoms with E-state index in [0.717, 1.165) is 138 Å². The zero-order chi connectivity index (χ0) is 61.0. The minimum atomic E-state index is -4.64. The van der Waals surface area contributed by atoms with Gasteiger partial charge in [0.1, 0.15) is 28.9 Å². The van der Waals surface area contributed by atoms with Gasteiger partial charge in [0.25, 0.3) is 21.6 Å². The highest BCUT2D eigenvalue weighted by Gasteiger charge is 2.51. The molecular weight excluding hydrogens is 1150 g/mol. The van der Waals surface area contributed by atoms with Gasteiger partial charge >= 0.3 is 0 Å². The van der Waals surface area contributed by atoms with E-state index in [-0.39, 0.29) is 46.8 Å². The first-order valence-electron chi connectivity index (χ1n) is 32.0. The van der Waals surface area contributed by atoms with Crippen molar-refractivity contribution in [3.63, 3.8) is 0 Å². The molecular formula is C66H81N11O11S. The summed E-state index contributed by atoms with van der Waals surface area (Å²) in [5.74, 6) is 2.53. The van der Waals surface area contributed by atoms with Crippen molar-refractivity contribution in [2.75, 3.05) is 119 Å². The van der Waals surface area contributed by atoms with Gasteiger partial charge in [-0.15, -0.1) is 0 Å². The molecule has 472 valence electrons. The maximum atomic E-state index is 14.9. The number of rotatable bonds is 16. The number of piperidine rings is 1. The van der Waals surface area contributed by atoms with Gasteiger partial charge in [0.05, 0.1) is 66.2 Å². The number of H-pyrrole nitrogens is 1. The average Bonchev–Trinajstić information content (AvgIpc) is 1.78. The van der Waals surface area contributed by atoms with E-state index in [1.165, 1.54) is 28.8 Å². The number of pyridine rings is 2. The Morgan fingerprint density at radius 3 is 2.46 bits per heavy atom. The zero-order valence-electron chi connectivity index (χ0n) is 51.1. The van der Waals surface area contributed by atoms with E-state index in [0.29, 0.717) is 81.6 Å². The number of morpholine rings is 1. The predicted molar refractivity (Wildman–Crippen MR) is 338 cm³/mol. The smallest absolute Gasteiger partial charge is 0.293 e. The molecule has 6 fully saturated rings. The number of aromatic nitrogens is 3. The van der Waals surface area contributed by atoms with Crippen molar-refractivity contribution < 1.29 is 46.6 Å². The van der Waals surface area contributed by atoms with Crippen molar-refractivity contribution in [3.05, 3.63) is 118 Å². The summed E-state index contributed by atoms with van der Waals surface area (Å²) in [7, 11) is -2.85. The lowest BCUT2D eigenvalue weighted by atomic mass is 9.59. The summed E-state index contributed by atoms with van der Waals surface area (Å²) in [6.07, 6.45) is 13.0. The van der Waals surface area contributed by atoms with Crippen LogP contribution >= 0.6 is 0 Å². The number of nitro groups is 1. The minimum Gasteiger partial charge on any atom is -0.493 e. The van der Waals surface area contributed by atoms with Gasteiger partial charge in [0.15, 0.2) is 11.6 Å².